The van der Waals surface area contributed by atoms with Crippen molar-refractivity contribution in [1.82, 2.24) is 10.2 Å². The molecule has 27 heavy (non-hydrogen) atoms. The third kappa shape index (κ3) is 3.64. The van der Waals surface area contributed by atoms with Crippen molar-refractivity contribution in [2.45, 2.75) is 51.2 Å². The third-order valence-corrected chi connectivity index (χ3v) is 4.88. The minimum absolute atomic E-state index is 0.150. The van der Waals surface area contributed by atoms with E-state index in [1.54, 1.807) is 59.1 Å². The van der Waals surface area contributed by atoms with Crippen LogP contribution in [0.3, 0.4) is 0 Å². The number of hydrogen-bond donors (Lipinski definition) is 3. The highest BCUT2D eigenvalue weighted by Crippen LogP contribution is 2.45. The van der Waals surface area contributed by atoms with Gasteiger partial charge in [-0.05, 0) is 45.4 Å². The van der Waals surface area contributed by atoms with Gasteiger partial charge in [0.2, 0.25) is 0 Å². The minimum Gasteiger partial charge on any atom is -0.497 e. The lowest BCUT2D eigenvalue weighted by molar-refractivity contribution is -0.171. The van der Waals surface area contributed by atoms with Gasteiger partial charge in [0.05, 0.1) is 18.6 Å². The molecule has 0 saturated heterocycles. The molecule has 0 bridgehead atoms. The number of H-pyrrole nitrogens is 2. The van der Waals surface area contributed by atoms with Gasteiger partial charge >= 0.3 is 5.97 Å². The van der Waals surface area contributed by atoms with Crippen LogP contribution in [0, 0.1) is 5.92 Å². The van der Waals surface area contributed by atoms with Crippen LogP contribution in [0.2, 0.25) is 0 Å². The Labute approximate surface area is 157 Å². The number of rotatable bonds is 3. The van der Waals surface area contributed by atoms with Crippen LogP contribution in [0.5, 0.6) is 5.75 Å². The summed E-state index contributed by atoms with van der Waals surface area (Å²) in [7, 11) is 1.57. The molecule has 7 nitrogen and oxygen atoms in total. The first-order valence-electron chi connectivity index (χ1n) is 8.92. The lowest BCUT2D eigenvalue weighted by Gasteiger charge is -2.41. The van der Waals surface area contributed by atoms with Gasteiger partial charge in [-0.1, -0.05) is 12.1 Å². The second-order valence-electron chi connectivity index (χ2n) is 8.27. The smallest absolute Gasteiger partial charge is 0.313 e. The SMILES string of the molecule is COc1ccc([C@@H]2c3c([nH][nH]c3=O)C[C@](C)(O)[C@@H]2C(=O)OC(C)(C)C)cc1. The first kappa shape index (κ1) is 19.2. The predicted molar refractivity (Wildman–Crippen MR) is 99.9 cm³/mol. The average molecular weight is 374 g/mol. The summed E-state index contributed by atoms with van der Waals surface area (Å²) in [5.74, 6) is -1.42. The van der Waals surface area contributed by atoms with Crippen molar-refractivity contribution in [1.29, 1.82) is 0 Å². The number of carbonyl (C=O) groups excluding carboxylic acids is 1. The standard InChI is InChI=1S/C20H26N2O5/c1-19(2,3)27-18(24)16-14(11-6-8-12(26-5)9-7-11)15-13(10-20(16,4)25)21-22-17(15)23/h6-9,14,16,25H,10H2,1-5H3,(H2,21,22,23)/t14-,16+,20+/m1/s1. The molecule has 3 atom stereocenters. The van der Waals surface area contributed by atoms with Gasteiger partial charge in [0, 0.05) is 23.6 Å². The molecular weight excluding hydrogens is 348 g/mol. The van der Waals surface area contributed by atoms with Crippen molar-refractivity contribution in [3.05, 3.63) is 51.4 Å². The summed E-state index contributed by atoms with van der Waals surface area (Å²) in [5.41, 5.74) is -0.589. The van der Waals surface area contributed by atoms with Crippen LogP contribution in [0.25, 0.3) is 0 Å². The average Bonchev–Trinajstić information content (AvgIpc) is 2.91. The van der Waals surface area contributed by atoms with Crippen molar-refractivity contribution in [2.24, 2.45) is 5.92 Å². The molecule has 1 aromatic carbocycles. The van der Waals surface area contributed by atoms with Gasteiger partial charge in [-0.3, -0.25) is 14.7 Å². The number of esters is 1. The Hall–Kier alpha value is -2.54. The number of aromatic amines is 2. The molecule has 0 radical (unpaired) electrons. The monoisotopic (exact) mass is 374 g/mol. The highest BCUT2D eigenvalue weighted by atomic mass is 16.6. The molecule has 0 unspecified atom stereocenters. The van der Waals surface area contributed by atoms with E-state index >= 15 is 0 Å². The molecule has 0 saturated carbocycles. The molecule has 3 N–H and O–H groups in total. The van der Waals surface area contributed by atoms with Crippen molar-refractivity contribution in [3.63, 3.8) is 0 Å². The summed E-state index contributed by atoms with van der Waals surface area (Å²) in [6, 6.07) is 7.15. The molecule has 0 amide bonds. The number of aliphatic hydroxyl groups is 1. The Balaban J connectivity index is 2.16. The van der Waals surface area contributed by atoms with E-state index in [0.29, 0.717) is 17.0 Å². The van der Waals surface area contributed by atoms with Gasteiger partial charge in [0.25, 0.3) is 5.56 Å². The van der Waals surface area contributed by atoms with Crippen LogP contribution in [-0.4, -0.2) is 39.6 Å². The van der Waals surface area contributed by atoms with Gasteiger partial charge in [-0.2, -0.15) is 0 Å². The number of nitrogens with one attached hydrogen (secondary N) is 2. The second-order valence-corrected chi connectivity index (χ2v) is 8.27. The van der Waals surface area contributed by atoms with Gasteiger partial charge in [-0.25, -0.2) is 0 Å². The first-order valence-corrected chi connectivity index (χ1v) is 8.92. The first-order chi connectivity index (χ1) is 12.5. The van der Waals surface area contributed by atoms with E-state index in [1.807, 2.05) is 0 Å². The van der Waals surface area contributed by atoms with Crippen molar-refractivity contribution < 1.29 is 19.4 Å². The Morgan fingerprint density at radius 2 is 1.85 bits per heavy atom. The summed E-state index contributed by atoms with van der Waals surface area (Å²) in [4.78, 5) is 25.5. The molecule has 1 aromatic heterocycles. The zero-order chi connectivity index (χ0) is 20.0. The Bertz CT molecular complexity index is 886. The minimum atomic E-state index is -1.38. The zero-order valence-electron chi connectivity index (χ0n) is 16.3. The molecule has 1 aliphatic carbocycles. The maximum atomic E-state index is 13.0. The molecule has 7 heteroatoms. The maximum absolute atomic E-state index is 13.0. The van der Waals surface area contributed by atoms with Crippen LogP contribution in [0.15, 0.2) is 29.1 Å². The molecule has 2 aromatic rings. The summed E-state index contributed by atoms with van der Waals surface area (Å²) in [6.45, 7) is 6.93. The Morgan fingerprint density at radius 3 is 2.41 bits per heavy atom. The van der Waals surface area contributed by atoms with E-state index in [9.17, 15) is 14.7 Å². The van der Waals surface area contributed by atoms with Crippen LogP contribution in [0.1, 0.15) is 50.4 Å². The van der Waals surface area contributed by atoms with Gasteiger partial charge in [0.1, 0.15) is 11.4 Å². The number of aromatic nitrogens is 2. The van der Waals surface area contributed by atoms with Crippen molar-refractivity contribution in [2.75, 3.05) is 7.11 Å². The summed E-state index contributed by atoms with van der Waals surface area (Å²) >= 11 is 0. The molecule has 1 heterocycles. The maximum Gasteiger partial charge on any atom is 0.313 e. The number of ether oxygens (including phenoxy) is 2. The molecule has 1 aliphatic rings. The summed E-state index contributed by atoms with van der Waals surface area (Å²) in [5, 5.41) is 16.5. The second kappa shape index (κ2) is 6.56. The Morgan fingerprint density at radius 1 is 1.22 bits per heavy atom. The van der Waals surface area contributed by atoms with E-state index < -0.39 is 29.0 Å². The topological polar surface area (TPSA) is 104 Å². The number of methoxy groups -OCH3 is 1. The van der Waals surface area contributed by atoms with Crippen molar-refractivity contribution >= 4 is 5.97 Å². The van der Waals surface area contributed by atoms with E-state index in [4.69, 9.17) is 9.47 Å². The van der Waals surface area contributed by atoms with E-state index in [0.717, 1.165) is 5.56 Å². The van der Waals surface area contributed by atoms with Crippen LogP contribution < -0.4 is 10.3 Å². The number of fused-ring (bicyclic) bond motifs is 1. The van der Waals surface area contributed by atoms with E-state index in [1.165, 1.54) is 0 Å². The van der Waals surface area contributed by atoms with Gasteiger partial charge in [-0.15, -0.1) is 0 Å². The van der Waals surface area contributed by atoms with Crippen LogP contribution in [0.4, 0.5) is 0 Å². The van der Waals surface area contributed by atoms with E-state index in [2.05, 4.69) is 10.2 Å². The van der Waals surface area contributed by atoms with Gasteiger partial charge in [0.15, 0.2) is 0 Å². The number of benzene rings is 1. The highest BCUT2D eigenvalue weighted by molar-refractivity contribution is 5.77. The zero-order valence-corrected chi connectivity index (χ0v) is 16.3. The molecular formula is C20H26N2O5. The van der Waals surface area contributed by atoms with Crippen LogP contribution in [-0.2, 0) is 16.0 Å². The summed E-state index contributed by atoms with van der Waals surface area (Å²) < 4.78 is 10.8. The normalized spacial score (nSPS) is 25.0. The largest absolute Gasteiger partial charge is 0.497 e. The molecule has 0 aliphatic heterocycles. The molecule has 3 rings (SSSR count). The fourth-order valence-electron chi connectivity index (χ4n) is 3.79. The van der Waals surface area contributed by atoms with Gasteiger partial charge < -0.3 is 19.7 Å². The number of carbonyl (C=O) groups is 1. The highest BCUT2D eigenvalue weighted by Gasteiger charge is 2.51. The quantitative estimate of drug-likeness (QED) is 0.714. The number of hydrogen-bond acceptors (Lipinski definition) is 5. The fourth-order valence-corrected chi connectivity index (χ4v) is 3.79. The molecule has 146 valence electrons. The fraction of sp³-hybridized carbons (Fsp3) is 0.500. The van der Waals surface area contributed by atoms with E-state index in [-0.39, 0.29) is 12.0 Å². The third-order valence-electron chi connectivity index (χ3n) is 4.88. The molecule has 0 spiro atoms. The lowest BCUT2D eigenvalue weighted by Crippen LogP contribution is -2.51. The summed E-state index contributed by atoms with van der Waals surface area (Å²) in [6.07, 6.45) is 0.150. The van der Waals surface area contributed by atoms with Crippen molar-refractivity contribution in [3.8, 4) is 5.75 Å². The predicted octanol–water partition coefficient (Wildman–Crippen LogP) is 2.11. The van der Waals surface area contributed by atoms with Crippen LogP contribution >= 0.6 is 0 Å². The molecule has 0 fully saturated rings. The Kier molecular flexibility index (Phi) is 4.67. The lowest BCUT2D eigenvalue weighted by atomic mass is 9.66.